The zero-order valence-electron chi connectivity index (χ0n) is 5.07. The molecule has 0 aromatic heterocycles. The molecule has 0 saturated carbocycles. The Balaban J connectivity index is 3.33. The van der Waals surface area contributed by atoms with Crippen LogP contribution in [0, 0.1) is 5.41 Å². The number of hydrogen-bond donors (Lipinski definition) is 1. The van der Waals surface area contributed by atoms with Gasteiger partial charge in [0, 0.05) is 0 Å². The van der Waals surface area contributed by atoms with Gasteiger partial charge in [-0.3, -0.25) is 5.41 Å². The van der Waals surface area contributed by atoms with Crippen LogP contribution in [0.3, 0.4) is 0 Å². The highest BCUT2D eigenvalue weighted by Crippen LogP contribution is 1.99. The van der Waals surface area contributed by atoms with E-state index in [2.05, 4.69) is 15.9 Å². The highest BCUT2D eigenvalue weighted by atomic mass is 79.9. The Hall–Kier alpha value is -0.0500. The van der Waals surface area contributed by atoms with Gasteiger partial charge in [0.15, 0.2) is 5.90 Å². The lowest BCUT2D eigenvalue weighted by Gasteiger charge is -2.04. The second-order valence-corrected chi connectivity index (χ2v) is 2.79. The van der Waals surface area contributed by atoms with Gasteiger partial charge in [0.1, 0.15) is 0 Å². The lowest BCUT2D eigenvalue weighted by molar-refractivity contribution is 0.317. The minimum absolute atomic E-state index is 0.0439. The van der Waals surface area contributed by atoms with Crippen LogP contribution in [0.4, 0.5) is 0 Å². The molecule has 0 aliphatic carbocycles. The van der Waals surface area contributed by atoms with E-state index in [-0.39, 0.29) is 4.83 Å². The largest absolute Gasteiger partial charge is 0.481 e. The summed E-state index contributed by atoms with van der Waals surface area (Å²) in [4.78, 5) is 0.0439. The van der Waals surface area contributed by atoms with E-state index in [1.807, 2.05) is 13.8 Å². The predicted octanol–water partition coefficient (Wildman–Crippen LogP) is 1.78. The van der Waals surface area contributed by atoms with Gasteiger partial charge in [0.2, 0.25) is 0 Å². The number of halogens is 1. The molecule has 0 amide bonds. The standard InChI is InChI=1S/C5H10BrNO/c1-3-8-5(7)4(2)6/h4,7H,3H2,1-2H3. The summed E-state index contributed by atoms with van der Waals surface area (Å²) < 4.78 is 4.84. The molecule has 2 nitrogen and oxygen atoms in total. The lowest BCUT2D eigenvalue weighted by atomic mass is 10.5. The third-order valence-electron chi connectivity index (χ3n) is 0.661. The van der Waals surface area contributed by atoms with Crippen LogP contribution in [0.25, 0.3) is 0 Å². The molecule has 8 heavy (non-hydrogen) atoms. The lowest BCUT2D eigenvalue weighted by Crippen LogP contribution is -2.12. The van der Waals surface area contributed by atoms with Gasteiger partial charge < -0.3 is 4.74 Å². The molecule has 0 rings (SSSR count). The van der Waals surface area contributed by atoms with E-state index in [1.165, 1.54) is 0 Å². The molecule has 1 unspecified atom stereocenters. The van der Waals surface area contributed by atoms with Crippen molar-refractivity contribution in [1.29, 1.82) is 5.41 Å². The van der Waals surface area contributed by atoms with Gasteiger partial charge in [0.25, 0.3) is 0 Å². The maximum atomic E-state index is 7.07. The quantitative estimate of drug-likeness (QED) is 0.392. The summed E-state index contributed by atoms with van der Waals surface area (Å²) in [5, 5.41) is 7.07. The molecule has 1 atom stereocenters. The van der Waals surface area contributed by atoms with Gasteiger partial charge >= 0.3 is 0 Å². The molecule has 0 aromatic carbocycles. The molecule has 1 N–H and O–H groups in total. The van der Waals surface area contributed by atoms with Crippen LogP contribution in [0.1, 0.15) is 13.8 Å². The maximum absolute atomic E-state index is 7.07. The summed E-state index contributed by atoms with van der Waals surface area (Å²) in [7, 11) is 0. The van der Waals surface area contributed by atoms with Gasteiger partial charge in [-0.2, -0.15) is 0 Å². The van der Waals surface area contributed by atoms with E-state index in [0.29, 0.717) is 12.5 Å². The Morgan fingerprint density at radius 1 is 1.88 bits per heavy atom. The number of nitrogens with one attached hydrogen (secondary N) is 1. The van der Waals surface area contributed by atoms with Gasteiger partial charge in [-0.25, -0.2) is 0 Å². The van der Waals surface area contributed by atoms with E-state index < -0.39 is 0 Å². The fraction of sp³-hybridized carbons (Fsp3) is 0.800. The van der Waals surface area contributed by atoms with Crippen molar-refractivity contribution in [3.8, 4) is 0 Å². The molecule has 0 heterocycles. The van der Waals surface area contributed by atoms with Gasteiger partial charge in [-0.1, -0.05) is 15.9 Å². The van der Waals surface area contributed by atoms with E-state index in [0.717, 1.165) is 0 Å². The van der Waals surface area contributed by atoms with Gasteiger partial charge in [0.05, 0.1) is 11.4 Å². The summed E-state index contributed by atoms with van der Waals surface area (Å²) in [5.74, 6) is 0.299. The first kappa shape index (κ1) is 7.95. The molecule has 3 heteroatoms. The summed E-state index contributed by atoms with van der Waals surface area (Å²) >= 11 is 3.19. The second-order valence-electron chi connectivity index (χ2n) is 1.41. The van der Waals surface area contributed by atoms with E-state index in [9.17, 15) is 0 Å². The zero-order valence-corrected chi connectivity index (χ0v) is 6.66. The Kier molecular flexibility index (Phi) is 3.87. The van der Waals surface area contributed by atoms with Crippen LogP contribution < -0.4 is 0 Å². The van der Waals surface area contributed by atoms with Crippen LogP contribution in [-0.4, -0.2) is 17.3 Å². The topological polar surface area (TPSA) is 33.1 Å². The fourth-order valence-corrected chi connectivity index (χ4v) is 0.402. The Labute approximate surface area is 57.9 Å². The molecule has 0 radical (unpaired) electrons. The Morgan fingerprint density at radius 2 is 2.38 bits per heavy atom. The molecular formula is C5H10BrNO. The summed E-state index contributed by atoms with van der Waals surface area (Å²) in [6.45, 7) is 4.30. The van der Waals surface area contributed by atoms with E-state index in [1.54, 1.807) is 0 Å². The first-order chi connectivity index (χ1) is 3.68. The first-order valence-corrected chi connectivity index (χ1v) is 3.45. The molecule has 0 fully saturated rings. The average Bonchev–Trinajstić information content (AvgIpc) is 1.67. The number of rotatable bonds is 2. The summed E-state index contributed by atoms with van der Waals surface area (Å²) in [6.07, 6.45) is 0. The SMILES string of the molecule is CCOC(=N)C(C)Br. The third kappa shape index (κ3) is 3.02. The smallest absolute Gasteiger partial charge is 0.194 e. The number of ether oxygens (including phenoxy) is 1. The summed E-state index contributed by atoms with van der Waals surface area (Å²) in [6, 6.07) is 0. The van der Waals surface area contributed by atoms with Crippen molar-refractivity contribution in [2.24, 2.45) is 0 Å². The van der Waals surface area contributed by atoms with Crippen molar-refractivity contribution in [1.82, 2.24) is 0 Å². The van der Waals surface area contributed by atoms with Crippen LogP contribution in [-0.2, 0) is 4.74 Å². The van der Waals surface area contributed by atoms with Gasteiger partial charge in [-0.05, 0) is 13.8 Å². The third-order valence-corrected chi connectivity index (χ3v) is 1.08. The first-order valence-electron chi connectivity index (χ1n) is 2.53. The Morgan fingerprint density at radius 3 is 2.50 bits per heavy atom. The van der Waals surface area contributed by atoms with E-state index in [4.69, 9.17) is 10.1 Å². The van der Waals surface area contributed by atoms with Crippen LogP contribution in [0.5, 0.6) is 0 Å². The molecule has 0 aliphatic heterocycles. The minimum atomic E-state index is 0.0439. The van der Waals surface area contributed by atoms with Crippen molar-refractivity contribution in [3.63, 3.8) is 0 Å². The molecule has 48 valence electrons. The van der Waals surface area contributed by atoms with E-state index >= 15 is 0 Å². The monoisotopic (exact) mass is 179 g/mol. The van der Waals surface area contributed by atoms with Gasteiger partial charge in [-0.15, -0.1) is 0 Å². The van der Waals surface area contributed by atoms with Crippen LogP contribution in [0.2, 0.25) is 0 Å². The zero-order chi connectivity index (χ0) is 6.57. The van der Waals surface area contributed by atoms with Crippen molar-refractivity contribution in [3.05, 3.63) is 0 Å². The van der Waals surface area contributed by atoms with Crippen molar-refractivity contribution >= 4 is 21.8 Å². The molecular weight excluding hydrogens is 170 g/mol. The predicted molar refractivity (Wildman–Crippen MR) is 37.7 cm³/mol. The second kappa shape index (κ2) is 3.89. The summed E-state index contributed by atoms with van der Waals surface area (Å²) in [5.41, 5.74) is 0. The molecule has 0 saturated heterocycles. The minimum Gasteiger partial charge on any atom is -0.481 e. The van der Waals surface area contributed by atoms with Crippen molar-refractivity contribution < 1.29 is 4.74 Å². The number of hydrogen-bond acceptors (Lipinski definition) is 2. The van der Waals surface area contributed by atoms with Crippen LogP contribution in [0.15, 0.2) is 0 Å². The molecule has 0 aromatic rings. The van der Waals surface area contributed by atoms with Crippen molar-refractivity contribution in [2.75, 3.05) is 6.61 Å². The highest BCUT2D eigenvalue weighted by molar-refractivity contribution is 9.10. The maximum Gasteiger partial charge on any atom is 0.194 e. The average molecular weight is 180 g/mol. The normalized spacial score (nSPS) is 12.9. The fourth-order valence-electron chi connectivity index (χ4n) is 0.270. The highest BCUT2D eigenvalue weighted by Gasteiger charge is 2.01. The molecule has 0 bridgehead atoms. The van der Waals surface area contributed by atoms with Crippen LogP contribution >= 0.6 is 15.9 Å². The molecule has 0 aliphatic rings. The number of alkyl halides is 1. The van der Waals surface area contributed by atoms with Crippen molar-refractivity contribution in [2.45, 2.75) is 18.7 Å². The Bertz CT molecular complexity index is 82.5. The molecule has 0 spiro atoms.